The van der Waals surface area contributed by atoms with Crippen molar-refractivity contribution in [1.29, 1.82) is 0 Å². The Morgan fingerprint density at radius 2 is 1.62 bits per heavy atom. The zero-order chi connectivity index (χ0) is 26.0. The molecule has 1 fully saturated rings. The van der Waals surface area contributed by atoms with Crippen LogP contribution in [0.15, 0.2) is 73.2 Å². The number of urea groups is 1. The summed E-state index contributed by atoms with van der Waals surface area (Å²) in [6.07, 6.45) is 2.30. The number of benzene rings is 2. The minimum atomic E-state index is -4.51. The molecule has 37 heavy (non-hydrogen) atoms. The zero-order valence-corrected chi connectivity index (χ0v) is 19.3. The predicted octanol–water partition coefficient (Wildman–Crippen LogP) is 6.45. The third-order valence-electron chi connectivity index (χ3n) is 5.70. The number of hydrogen-bond acceptors (Lipinski definition) is 6. The Balaban J connectivity index is 1.19. The topological polar surface area (TPSA) is 115 Å². The van der Waals surface area contributed by atoms with E-state index in [0.29, 0.717) is 17.5 Å². The van der Waals surface area contributed by atoms with E-state index in [1.165, 1.54) is 42.9 Å². The van der Waals surface area contributed by atoms with Crippen LogP contribution in [-0.2, 0) is 6.18 Å². The number of nitrogens with zero attached hydrogens (tertiary/aromatic N) is 3. The molecule has 11 heteroatoms. The number of nitrogens with two attached hydrogens (primary N) is 1. The van der Waals surface area contributed by atoms with Crippen molar-refractivity contribution in [2.45, 2.75) is 24.9 Å². The molecule has 0 bridgehead atoms. The number of aromatic nitrogens is 3. The van der Waals surface area contributed by atoms with Gasteiger partial charge in [-0.15, -0.1) is 0 Å². The molecule has 2 heterocycles. The fourth-order valence-corrected chi connectivity index (χ4v) is 3.67. The molecule has 1 aliphatic carbocycles. The summed E-state index contributed by atoms with van der Waals surface area (Å²) >= 11 is 0. The molecule has 0 unspecified atom stereocenters. The van der Waals surface area contributed by atoms with E-state index >= 15 is 0 Å². The van der Waals surface area contributed by atoms with Gasteiger partial charge in [-0.3, -0.25) is 0 Å². The summed E-state index contributed by atoms with van der Waals surface area (Å²) in [5.74, 6) is 1.52. The lowest BCUT2D eigenvalue weighted by Crippen LogP contribution is -2.20. The molecular weight excluding hydrogens is 485 g/mol. The fraction of sp³-hybridized carbons (Fsp3) is 0.154. The molecule has 1 aliphatic rings. The van der Waals surface area contributed by atoms with Gasteiger partial charge in [-0.1, -0.05) is 18.2 Å². The van der Waals surface area contributed by atoms with Gasteiger partial charge in [0, 0.05) is 17.4 Å². The molecule has 4 aromatic rings. The molecule has 2 amide bonds. The summed E-state index contributed by atoms with van der Waals surface area (Å²) in [6, 6.07) is 13.0. The summed E-state index contributed by atoms with van der Waals surface area (Å²) in [5, 5.41) is 4.80. The Hall–Kier alpha value is -4.67. The van der Waals surface area contributed by atoms with E-state index in [0.717, 1.165) is 23.3 Å². The lowest BCUT2D eigenvalue weighted by atomic mass is 10.0. The van der Waals surface area contributed by atoms with E-state index in [1.54, 1.807) is 12.1 Å². The van der Waals surface area contributed by atoms with Gasteiger partial charge in [-0.25, -0.2) is 19.7 Å². The Labute approximate surface area is 209 Å². The van der Waals surface area contributed by atoms with E-state index in [-0.39, 0.29) is 17.4 Å². The Bertz CT molecular complexity index is 1420. The molecule has 4 N–H and O–H groups in total. The second kappa shape index (κ2) is 9.76. The number of alkyl halides is 3. The average molecular weight is 506 g/mol. The van der Waals surface area contributed by atoms with Gasteiger partial charge in [0.2, 0.25) is 0 Å². The molecule has 188 valence electrons. The van der Waals surface area contributed by atoms with Crippen LogP contribution in [0.3, 0.4) is 0 Å². The van der Waals surface area contributed by atoms with Crippen LogP contribution in [0.4, 0.5) is 35.2 Å². The largest absolute Gasteiger partial charge is 0.424 e. The van der Waals surface area contributed by atoms with Crippen molar-refractivity contribution in [3.63, 3.8) is 0 Å². The number of ether oxygens (including phenoxy) is 1. The highest BCUT2D eigenvalue weighted by Crippen LogP contribution is 2.41. The molecule has 2 aromatic heterocycles. The third kappa shape index (κ3) is 5.95. The summed E-state index contributed by atoms with van der Waals surface area (Å²) in [4.78, 5) is 24.6. The number of pyridine rings is 1. The first-order chi connectivity index (χ1) is 17.7. The fourth-order valence-electron chi connectivity index (χ4n) is 3.67. The van der Waals surface area contributed by atoms with Crippen molar-refractivity contribution in [3.8, 4) is 22.9 Å². The number of amides is 2. The molecular formula is C26H21F3N6O2. The van der Waals surface area contributed by atoms with Crippen LogP contribution in [0.1, 0.15) is 29.9 Å². The maximum absolute atomic E-state index is 12.8. The normalized spacial score (nSPS) is 13.2. The van der Waals surface area contributed by atoms with Crippen molar-refractivity contribution in [1.82, 2.24) is 15.0 Å². The first-order valence-electron chi connectivity index (χ1n) is 11.4. The van der Waals surface area contributed by atoms with Crippen molar-refractivity contribution >= 4 is 23.2 Å². The van der Waals surface area contributed by atoms with Crippen molar-refractivity contribution in [2.75, 3.05) is 16.4 Å². The van der Waals surface area contributed by atoms with Crippen LogP contribution < -0.4 is 21.1 Å². The van der Waals surface area contributed by atoms with E-state index in [1.807, 2.05) is 18.3 Å². The Kier molecular flexibility index (Phi) is 6.34. The Morgan fingerprint density at radius 3 is 2.30 bits per heavy atom. The molecule has 1 saturated carbocycles. The van der Waals surface area contributed by atoms with Gasteiger partial charge >= 0.3 is 18.2 Å². The highest BCUT2D eigenvalue weighted by Gasteiger charge is 2.30. The third-order valence-corrected chi connectivity index (χ3v) is 5.70. The lowest BCUT2D eigenvalue weighted by Gasteiger charge is -2.11. The van der Waals surface area contributed by atoms with Gasteiger partial charge in [0.1, 0.15) is 11.6 Å². The standard InChI is InChI=1S/C26H21F3N6O2/c27-26(28,29)18-2-1-3-19(11-18)34-24(36)35-20-13-32-25(33-14-20)37-21-8-6-16(7-9-21)22-10-17(15-4-5-15)12-31-23(22)30/h1-3,6-15H,4-5H2,(H2,30,31)(H2,34,35,36). The van der Waals surface area contributed by atoms with Gasteiger partial charge in [0.05, 0.1) is 23.6 Å². The number of rotatable bonds is 6. The molecule has 0 saturated heterocycles. The van der Waals surface area contributed by atoms with Gasteiger partial charge in [0.25, 0.3) is 0 Å². The quantitative estimate of drug-likeness (QED) is 0.277. The predicted molar refractivity (Wildman–Crippen MR) is 132 cm³/mol. The molecule has 0 radical (unpaired) electrons. The number of carbonyl (C=O) groups is 1. The highest BCUT2D eigenvalue weighted by atomic mass is 19.4. The summed E-state index contributed by atoms with van der Waals surface area (Å²) < 4.78 is 44.2. The smallest absolute Gasteiger partial charge is 0.416 e. The van der Waals surface area contributed by atoms with E-state index < -0.39 is 17.8 Å². The number of halogens is 3. The second-order valence-corrected chi connectivity index (χ2v) is 8.51. The van der Waals surface area contributed by atoms with E-state index in [9.17, 15) is 18.0 Å². The van der Waals surface area contributed by atoms with E-state index in [4.69, 9.17) is 10.5 Å². The molecule has 2 aromatic carbocycles. The van der Waals surface area contributed by atoms with Crippen LogP contribution in [0.5, 0.6) is 11.8 Å². The summed E-state index contributed by atoms with van der Waals surface area (Å²) in [5.41, 5.74) is 8.40. The second-order valence-electron chi connectivity index (χ2n) is 8.51. The molecule has 0 atom stereocenters. The minimum Gasteiger partial charge on any atom is -0.424 e. The first kappa shape index (κ1) is 24.0. The molecule has 0 spiro atoms. The minimum absolute atomic E-state index is 0.00607. The number of nitrogens with one attached hydrogen (secondary N) is 2. The molecule has 0 aliphatic heterocycles. The number of carbonyl (C=O) groups excluding carboxylic acids is 1. The van der Waals surface area contributed by atoms with Crippen molar-refractivity contribution in [3.05, 3.63) is 84.3 Å². The number of hydrogen-bond donors (Lipinski definition) is 3. The number of nitrogen functional groups attached to an aromatic ring is 1. The van der Waals surface area contributed by atoms with Crippen LogP contribution in [0.25, 0.3) is 11.1 Å². The zero-order valence-electron chi connectivity index (χ0n) is 19.3. The highest BCUT2D eigenvalue weighted by molar-refractivity contribution is 5.99. The van der Waals surface area contributed by atoms with Crippen LogP contribution in [0, 0.1) is 0 Å². The number of anilines is 3. The molecule has 8 nitrogen and oxygen atoms in total. The van der Waals surface area contributed by atoms with Gasteiger partial charge in [-0.05, 0) is 66.3 Å². The summed E-state index contributed by atoms with van der Waals surface area (Å²) in [6.45, 7) is 0. The maximum Gasteiger partial charge on any atom is 0.416 e. The van der Waals surface area contributed by atoms with Gasteiger partial charge in [0.15, 0.2) is 0 Å². The van der Waals surface area contributed by atoms with Crippen LogP contribution in [0.2, 0.25) is 0 Å². The Morgan fingerprint density at radius 1 is 0.919 bits per heavy atom. The van der Waals surface area contributed by atoms with E-state index in [2.05, 4.69) is 31.7 Å². The monoisotopic (exact) mass is 506 g/mol. The van der Waals surface area contributed by atoms with Gasteiger partial charge < -0.3 is 21.1 Å². The van der Waals surface area contributed by atoms with Crippen LogP contribution in [-0.4, -0.2) is 21.0 Å². The lowest BCUT2D eigenvalue weighted by molar-refractivity contribution is -0.137. The average Bonchev–Trinajstić information content (AvgIpc) is 3.71. The first-order valence-corrected chi connectivity index (χ1v) is 11.4. The van der Waals surface area contributed by atoms with Gasteiger partial charge in [-0.2, -0.15) is 13.2 Å². The SMILES string of the molecule is Nc1ncc(C2CC2)cc1-c1ccc(Oc2ncc(NC(=O)Nc3cccc(C(F)(F)F)c3)cn2)cc1. The summed E-state index contributed by atoms with van der Waals surface area (Å²) in [7, 11) is 0. The van der Waals surface area contributed by atoms with Crippen LogP contribution >= 0.6 is 0 Å². The van der Waals surface area contributed by atoms with Crippen molar-refractivity contribution < 1.29 is 22.7 Å². The molecule has 5 rings (SSSR count). The maximum atomic E-state index is 12.8. The van der Waals surface area contributed by atoms with Crippen molar-refractivity contribution in [2.24, 2.45) is 0 Å².